The van der Waals surface area contributed by atoms with Gasteiger partial charge in [0.15, 0.2) is 0 Å². The van der Waals surface area contributed by atoms with Crippen molar-refractivity contribution in [3.05, 3.63) is 0 Å². The Morgan fingerprint density at radius 3 is 1.72 bits per heavy atom. The van der Waals surface area contributed by atoms with Gasteiger partial charge in [-0.1, -0.05) is 73.1 Å². The molecular formula is C16H32Cl2. The lowest BCUT2D eigenvalue weighted by molar-refractivity contribution is 0.301. The summed E-state index contributed by atoms with van der Waals surface area (Å²) in [7, 11) is 0. The second-order valence-corrected chi connectivity index (χ2v) is 7.34. The Hall–Kier alpha value is 0.580. The zero-order valence-electron chi connectivity index (χ0n) is 12.9. The molecule has 0 N–H and O–H groups in total. The first-order chi connectivity index (χ1) is 8.37. The molecule has 0 saturated heterocycles. The van der Waals surface area contributed by atoms with Gasteiger partial charge in [-0.15, -0.1) is 23.2 Å². The van der Waals surface area contributed by atoms with Crippen molar-refractivity contribution in [3.63, 3.8) is 0 Å². The number of unbranched alkanes of at least 4 members (excludes halogenated alkanes) is 5. The fourth-order valence-corrected chi connectivity index (χ4v) is 3.48. The van der Waals surface area contributed by atoms with E-state index in [1.54, 1.807) is 0 Å². The van der Waals surface area contributed by atoms with Gasteiger partial charge in [-0.05, 0) is 18.3 Å². The van der Waals surface area contributed by atoms with Crippen molar-refractivity contribution in [3.8, 4) is 0 Å². The summed E-state index contributed by atoms with van der Waals surface area (Å²) < 4.78 is 0. The lowest BCUT2D eigenvalue weighted by atomic mass is 9.80. The van der Waals surface area contributed by atoms with Crippen molar-refractivity contribution in [2.24, 2.45) is 11.8 Å². The first kappa shape index (κ1) is 18.6. The monoisotopic (exact) mass is 294 g/mol. The molecule has 0 bridgehead atoms. The minimum atomic E-state index is -0.259. The number of hydrogen-bond donors (Lipinski definition) is 0. The molecule has 0 radical (unpaired) electrons. The molecule has 0 rings (SSSR count). The maximum absolute atomic E-state index is 6.79. The van der Waals surface area contributed by atoms with E-state index in [0.29, 0.717) is 11.8 Å². The van der Waals surface area contributed by atoms with E-state index in [-0.39, 0.29) is 10.3 Å². The summed E-state index contributed by atoms with van der Waals surface area (Å²) in [6, 6.07) is 0. The quantitative estimate of drug-likeness (QED) is 0.313. The molecule has 0 aliphatic heterocycles. The van der Waals surface area contributed by atoms with E-state index in [1.165, 1.54) is 38.5 Å². The molecule has 110 valence electrons. The Labute approximate surface area is 125 Å². The normalized spacial score (nSPS) is 14.5. The highest BCUT2D eigenvalue weighted by molar-refractivity contribution is 6.32. The molecule has 1 atom stereocenters. The van der Waals surface area contributed by atoms with Crippen LogP contribution in [0.1, 0.15) is 79.6 Å². The van der Waals surface area contributed by atoms with Crippen molar-refractivity contribution in [2.75, 3.05) is 0 Å². The largest absolute Gasteiger partial charge is 0.121 e. The highest BCUT2D eigenvalue weighted by Gasteiger charge is 2.41. The Kier molecular flexibility index (Phi) is 9.78. The smallest absolute Gasteiger partial charge is 0.0655 e. The van der Waals surface area contributed by atoms with Crippen LogP contribution in [-0.4, -0.2) is 10.3 Å². The Balaban J connectivity index is 4.02. The van der Waals surface area contributed by atoms with E-state index in [1.807, 2.05) is 0 Å². The third-order valence-corrected chi connectivity index (χ3v) is 5.89. The van der Waals surface area contributed by atoms with Crippen molar-refractivity contribution in [2.45, 2.75) is 89.8 Å². The predicted molar refractivity (Wildman–Crippen MR) is 85.9 cm³/mol. The first-order valence-corrected chi connectivity index (χ1v) is 8.51. The standard InChI is InChI=1S/C16H32Cl2/c1-6-7-8-9-10-11-12-15(17)16(18,13(2)3)14(4)5/h13-15H,6-12H2,1-5H3. The van der Waals surface area contributed by atoms with Gasteiger partial charge in [-0.2, -0.15) is 0 Å². The molecule has 0 aromatic rings. The maximum Gasteiger partial charge on any atom is 0.0655 e. The molecule has 1 unspecified atom stereocenters. The number of rotatable bonds is 10. The predicted octanol–water partition coefficient (Wildman–Crippen LogP) is 6.63. The summed E-state index contributed by atoms with van der Waals surface area (Å²) in [6.45, 7) is 11.0. The topological polar surface area (TPSA) is 0 Å². The minimum absolute atomic E-state index is 0.0883. The van der Waals surface area contributed by atoms with Crippen molar-refractivity contribution < 1.29 is 0 Å². The van der Waals surface area contributed by atoms with Crippen LogP contribution in [0.2, 0.25) is 0 Å². The second-order valence-electron chi connectivity index (χ2n) is 6.16. The minimum Gasteiger partial charge on any atom is -0.121 e. The Morgan fingerprint density at radius 2 is 1.28 bits per heavy atom. The van der Waals surface area contributed by atoms with Crippen molar-refractivity contribution in [1.82, 2.24) is 0 Å². The van der Waals surface area contributed by atoms with E-state index < -0.39 is 0 Å². The lowest BCUT2D eigenvalue weighted by Gasteiger charge is -2.39. The number of halogens is 2. The van der Waals surface area contributed by atoms with Crippen LogP contribution in [0.25, 0.3) is 0 Å². The fraction of sp³-hybridized carbons (Fsp3) is 1.00. The highest BCUT2D eigenvalue weighted by atomic mass is 35.5. The number of alkyl halides is 2. The summed E-state index contributed by atoms with van der Waals surface area (Å²) in [5.74, 6) is 0.837. The van der Waals surface area contributed by atoms with E-state index in [2.05, 4.69) is 34.6 Å². The van der Waals surface area contributed by atoms with Gasteiger partial charge < -0.3 is 0 Å². The Bertz CT molecular complexity index is 191. The van der Waals surface area contributed by atoms with E-state index in [0.717, 1.165) is 6.42 Å². The van der Waals surface area contributed by atoms with Crippen LogP contribution in [0.3, 0.4) is 0 Å². The van der Waals surface area contributed by atoms with Gasteiger partial charge in [-0.3, -0.25) is 0 Å². The maximum atomic E-state index is 6.79. The summed E-state index contributed by atoms with van der Waals surface area (Å²) >= 11 is 13.4. The van der Waals surface area contributed by atoms with Gasteiger partial charge in [0.25, 0.3) is 0 Å². The Morgan fingerprint density at radius 1 is 0.833 bits per heavy atom. The zero-order chi connectivity index (χ0) is 14.2. The van der Waals surface area contributed by atoms with Gasteiger partial charge >= 0.3 is 0 Å². The van der Waals surface area contributed by atoms with E-state index >= 15 is 0 Å². The third-order valence-electron chi connectivity index (χ3n) is 4.06. The van der Waals surface area contributed by atoms with Crippen LogP contribution < -0.4 is 0 Å². The summed E-state index contributed by atoms with van der Waals surface area (Å²) in [6.07, 6.45) is 8.94. The average molecular weight is 295 g/mol. The fourth-order valence-electron chi connectivity index (χ4n) is 2.72. The molecular weight excluding hydrogens is 263 g/mol. The summed E-state index contributed by atoms with van der Waals surface area (Å²) in [5, 5.41) is 0.0883. The molecule has 0 aromatic heterocycles. The molecule has 0 amide bonds. The van der Waals surface area contributed by atoms with E-state index in [4.69, 9.17) is 23.2 Å². The number of hydrogen-bond acceptors (Lipinski definition) is 0. The van der Waals surface area contributed by atoms with Crippen molar-refractivity contribution >= 4 is 23.2 Å². The van der Waals surface area contributed by atoms with Crippen LogP contribution in [0, 0.1) is 11.8 Å². The van der Waals surface area contributed by atoms with Crippen LogP contribution in [0.5, 0.6) is 0 Å². The van der Waals surface area contributed by atoms with Gasteiger partial charge in [0.1, 0.15) is 0 Å². The molecule has 0 fully saturated rings. The molecule has 0 heterocycles. The van der Waals surface area contributed by atoms with E-state index in [9.17, 15) is 0 Å². The van der Waals surface area contributed by atoms with Crippen LogP contribution in [-0.2, 0) is 0 Å². The molecule has 0 saturated carbocycles. The lowest BCUT2D eigenvalue weighted by Crippen LogP contribution is -2.43. The molecule has 0 nitrogen and oxygen atoms in total. The van der Waals surface area contributed by atoms with Gasteiger partial charge in [-0.25, -0.2) is 0 Å². The zero-order valence-corrected chi connectivity index (χ0v) is 14.4. The summed E-state index contributed by atoms with van der Waals surface area (Å²) in [4.78, 5) is -0.259. The van der Waals surface area contributed by atoms with Crippen LogP contribution >= 0.6 is 23.2 Å². The highest BCUT2D eigenvalue weighted by Crippen LogP contribution is 2.41. The van der Waals surface area contributed by atoms with Gasteiger partial charge in [0.05, 0.1) is 10.3 Å². The molecule has 18 heavy (non-hydrogen) atoms. The molecule has 0 aliphatic rings. The van der Waals surface area contributed by atoms with Gasteiger partial charge in [0, 0.05) is 0 Å². The van der Waals surface area contributed by atoms with Gasteiger partial charge in [0.2, 0.25) is 0 Å². The summed E-state index contributed by atoms with van der Waals surface area (Å²) in [5.41, 5.74) is 0. The molecule has 0 spiro atoms. The van der Waals surface area contributed by atoms with Crippen molar-refractivity contribution in [1.29, 1.82) is 0 Å². The molecule has 0 aliphatic carbocycles. The molecule has 0 aromatic carbocycles. The third kappa shape index (κ3) is 5.70. The second kappa shape index (κ2) is 9.48. The molecule has 2 heteroatoms. The van der Waals surface area contributed by atoms with Crippen LogP contribution in [0.4, 0.5) is 0 Å². The SMILES string of the molecule is CCCCCCCCC(Cl)C(Cl)(C(C)C)C(C)C. The average Bonchev–Trinajstić information content (AvgIpc) is 2.31. The van der Waals surface area contributed by atoms with Crippen LogP contribution in [0.15, 0.2) is 0 Å². The first-order valence-electron chi connectivity index (χ1n) is 7.70.